The largest absolute Gasteiger partial charge is 0.481 e. The fourth-order valence-corrected chi connectivity index (χ4v) is 2.16. The molecule has 0 aromatic heterocycles. The first-order valence-electron chi connectivity index (χ1n) is 5.17. The van der Waals surface area contributed by atoms with Crippen LogP contribution < -0.4 is 0 Å². The third-order valence-corrected chi connectivity index (χ3v) is 2.72. The summed E-state index contributed by atoms with van der Waals surface area (Å²) >= 11 is 0. The molecule has 0 bridgehead atoms. The van der Waals surface area contributed by atoms with Gasteiger partial charge in [0, 0.05) is 13.0 Å². The van der Waals surface area contributed by atoms with Crippen molar-refractivity contribution in [3.63, 3.8) is 0 Å². The molecule has 1 unspecified atom stereocenters. The molecule has 88 valence electrons. The van der Waals surface area contributed by atoms with Gasteiger partial charge in [-0.15, -0.1) is 0 Å². The topological polar surface area (TPSA) is 40.5 Å². The fraction of sp³-hybridized carbons (Fsp3) is 0.900. The lowest BCUT2D eigenvalue weighted by Crippen LogP contribution is -2.36. The molecule has 1 aliphatic heterocycles. The van der Waals surface area contributed by atoms with Crippen molar-refractivity contribution in [3.05, 3.63) is 0 Å². The molecule has 1 N–H and O–H groups in total. The fourth-order valence-electron chi connectivity index (χ4n) is 2.16. The van der Waals surface area contributed by atoms with Gasteiger partial charge in [-0.05, 0) is 32.4 Å². The van der Waals surface area contributed by atoms with Crippen LogP contribution in [0, 0.1) is 5.92 Å². The number of aliphatic carboxylic acids is 1. The number of carboxylic acids is 1. The zero-order valence-electron chi connectivity index (χ0n) is 8.88. The van der Waals surface area contributed by atoms with Crippen LogP contribution in [-0.2, 0) is 4.79 Å². The molecule has 3 nitrogen and oxygen atoms in total. The van der Waals surface area contributed by atoms with E-state index in [4.69, 9.17) is 5.11 Å². The summed E-state index contributed by atoms with van der Waals surface area (Å²) in [5, 5.41) is 8.34. The smallest absolute Gasteiger partial charge is 0.309 e. The van der Waals surface area contributed by atoms with Crippen molar-refractivity contribution in [1.82, 2.24) is 4.90 Å². The molecular weight excluding hydrogens is 204 g/mol. The van der Waals surface area contributed by atoms with Crippen molar-refractivity contribution in [2.24, 2.45) is 5.92 Å². The summed E-state index contributed by atoms with van der Waals surface area (Å²) in [6.07, 6.45) is 0.348. The van der Waals surface area contributed by atoms with E-state index in [0.29, 0.717) is 6.54 Å². The van der Waals surface area contributed by atoms with Crippen LogP contribution in [0.1, 0.15) is 25.7 Å². The maximum absolute atomic E-state index is 13.2. The van der Waals surface area contributed by atoms with Gasteiger partial charge in [0.25, 0.3) is 5.92 Å². The molecule has 0 aromatic rings. The number of alkyl halides is 2. The molecule has 0 amide bonds. The van der Waals surface area contributed by atoms with E-state index in [-0.39, 0.29) is 12.3 Å². The van der Waals surface area contributed by atoms with Crippen LogP contribution in [0.25, 0.3) is 0 Å². The van der Waals surface area contributed by atoms with E-state index in [0.717, 1.165) is 19.4 Å². The first kappa shape index (κ1) is 12.4. The lowest BCUT2D eigenvalue weighted by atomic mass is 9.91. The molecule has 0 aromatic carbocycles. The Morgan fingerprint density at radius 2 is 2.27 bits per heavy atom. The Hall–Kier alpha value is -0.710. The highest BCUT2D eigenvalue weighted by molar-refractivity contribution is 5.67. The summed E-state index contributed by atoms with van der Waals surface area (Å²) < 4.78 is 26.4. The third-order valence-electron chi connectivity index (χ3n) is 2.72. The standard InChI is InChI=1S/C10H17F2NO2/c1-13-4-2-3-8(7-13)5-10(11,12)6-9(14)15/h8H,2-7H2,1H3,(H,14,15). The van der Waals surface area contributed by atoms with Crippen LogP contribution in [0.5, 0.6) is 0 Å². The molecule has 1 rings (SSSR count). The van der Waals surface area contributed by atoms with Crippen molar-refractivity contribution in [2.45, 2.75) is 31.6 Å². The highest BCUT2D eigenvalue weighted by atomic mass is 19.3. The Morgan fingerprint density at radius 1 is 1.60 bits per heavy atom. The number of nitrogens with zero attached hydrogens (tertiary/aromatic N) is 1. The normalized spacial score (nSPS) is 24.1. The quantitative estimate of drug-likeness (QED) is 0.787. The van der Waals surface area contributed by atoms with Crippen molar-refractivity contribution < 1.29 is 18.7 Å². The Morgan fingerprint density at radius 3 is 2.80 bits per heavy atom. The number of likely N-dealkylation sites (tertiary alicyclic amines) is 1. The minimum atomic E-state index is -3.06. The molecular formula is C10H17F2NO2. The van der Waals surface area contributed by atoms with E-state index in [2.05, 4.69) is 0 Å². The van der Waals surface area contributed by atoms with Gasteiger partial charge >= 0.3 is 5.97 Å². The second-order valence-corrected chi connectivity index (χ2v) is 4.40. The summed E-state index contributed by atoms with van der Waals surface area (Å²) in [5.74, 6) is -4.56. The van der Waals surface area contributed by atoms with Gasteiger partial charge in [0.2, 0.25) is 0 Å². The Bertz CT molecular complexity index is 233. The maximum atomic E-state index is 13.2. The molecule has 0 radical (unpaired) electrons. The Kier molecular flexibility index (Phi) is 4.02. The van der Waals surface area contributed by atoms with Gasteiger partial charge < -0.3 is 10.0 Å². The average molecular weight is 221 g/mol. The van der Waals surface area contributed by atoms with Gasteiger partial charge in [-0.1, -0.05) is 0 Å². The Labute approximate surface area is 88.1 Å². The average Bonchev–Trinajstić information content (AvgIpc) is 1.99. The minimum absolute atomic E-state index is 0.0712. The summed E-state index contributed by atoms with van der Waals surface area (Å²) in [5.41, 5.74) is 0. The molecule has 1 fully saturated rings. The number of piperidine rings is 1. The van der Waals surface area contributed by atoms with Crippen LogP contribution in [0.2, 0.25) is 0 Å². The van der Waals surface area contributed by atoms with E-state index >= 15 is 0 Å². The van der Waals surface area contributed by atoms with Crippen molar-refractivity contribution in [3.8, 4) is 0 Å². The number of hydrogen-bond donors (Lipinski definition) is 1. The molecule has 15 heavy (non-hydrogen) atoms. The highest BCUT2D eigenvalue weighted by Crippen LogP contribution is 2.31. The minimum Gasteiger partial charge on any atom is -0.481 e. The summed E-state index contributed by atoms with van der Waals surface area (Å²) in [4.78, 5) is 12.2. The van der Waals surface area contributed by atoms with Crippen molar-refractivity contribution in [1.29, 1.82) is 0 Å². The second-order valence-electron chi connectivity index (χ2n) is 4.40. The predicted octanol–water partition coefficient (Wildman–Crippen LogP) is 1.83. The lowest BCUT2D eigenvalue weighted by Gasteiger charge is -2.31. The Balaban J connectivity index is 2.41. The molecule has 0 spiro atoms. The van der Waals surface area contributed by atoms with E-state index < -0.39 is 18.3 Å². The van der Waals surface area contributed by atoms with Crippen LogP contribution in [0.3, 0.4) is 0 Å². The van der Waals surface area contributed by atoms with E-state index in [1.807, 2.05) is 11.9 Å². The van der Waals surface area contributed by atoms with Crippen LogP contribution in [-0.4, -0.2) is 42.0 Å². The summed E-state index contributed by atoms with van der Waals surface area (Å²) in [6, 6.07) is 0. The second kappa shape index (κ2) is 4.88. The SMILES string of the molecule is CN1CCCC(CC(F)(F)CC(=O)O)C1. The zero-order chi connectivity index (χ0) is 11.5. The number of carboxylic acid groups (broad SMARTS) is 1. The van der Waals surface area contributed by atoms with Gasteiger partial charge in [-0.3, -0.25) is 4.79 Å². The molecule has 1 saturated heterocycles. The summed E-state index contributed by atoms with van der Waals surface area (Å²) in [7, 11) is 1.90. The van der Waals surface area contributed by atoms with E-state index in [1.165, 1.54) is 0 Å². The maximum Gasteiger partial charge on any atom is 0.309 e. The van der Waals surface area contributed by atoms with Gasteiger partial charge in [-0.25, -0.2) is 8.78 Å². The highest BCUT2D eigenvalue weighted by Gasteiger charge is 2.36. The number of carbonyl (C=O) groups is 1. The van der Waals surface area contributed by atoms with Gasteiger partial charge in [0.15, 0.2) is 0 Å². The molecule has 5 heteroatoms. The van der Waals surface area contributed by atoms with Crippen LogP contribution in [0.15, 0.2) is 0 Å². The van der Waals surface area contributed by atoms with E-state index in [9.17, 15) is 13.6 Å². The first-order chi connectivity index (χ1) is 6.89. The number of hydrogen-bond acceptors (Lipinski definition) is 2. The molecule has 1 aliphatic rings. The molecule has 0 saturated carbocycles. The number of rotatable bonds is 4. The summed E-state index contributed by atoms with van der Waals surface area (Å²) in [6.45, 7) is 1.59. The van der Waals surface area contributed by atoms with Crippen molar-refractivity contribution >= 4 is 5.97 Å². The monoisotopic (exact) mass is 221 g/mol. The third kappa shape index (κ3) is 4.55. The van der Waals surface area contributed by atoms with Crippen molar-refractivity contribution in [2.75, 3.05) is 20.1 Å². The first-order valence-corrected chi connectivity index (χ1v) is 5.17. The zero-order valence-corrected chi connectivity index (χ0v) is 8.88. The molecule has 0 aliphatic carbocycles. The van der Waals surface area contributed by atoms with E-state index in [1.54, 1.807) is 0 Å². The van der Waals surface area contributed by atoms with Crippen LogP contribution in [0.4, 0.5) is 8.78 Å². The van der Waals surface area contributed by atoms with Crippen LogP contribution >= 0.6 is 0 Å². The molecule has 1 heterocycles. The van der Waals surface area contributed by atoms with Gasteiger partial charge in [0.1, 0.15) is 6.42 Å². The predicted molar refractivity (Wildman–Crippen MR) is 52.0 cm³/mol. The van der Waals surface area contributed by atoms with Gasteiger partial charge in [0.05, 0.1) is 0 Å². The molecule has 1 atom stereocenters. The number of halogens is 2. The van der Waals surface area contributed by atoms with Gasteiger partial charge in [-0.2, -0.15) is 0 Å². The lowest BCUT2D eigenvalue weighted by molar-refractivity contribution is -0.146.